The molecule has 2 N–H and O–H groups in total. The molecule has 2 aromatic heterocycles. The van der Waals surface area contributed by atoms with Crippen LogP contribution in [-0.2, 0) is 6.42 Å². The van der Waals surface area contributed by atoms with Gasteiger partial charge in [-0.05, 0) is 44.0 Å². The molecule has 0 saturated carbocycles. The largest absolute Gasteiger partial charge is 0.467 e. The maximum atomic E-state index is 13.2. The number of aryl methyl sites for hydroxylation is 1. The molecule has 2 atom stereocenters. The molecule has 8 nitrogen and oxygen atoms in total. The number of hydrogen-bond acceptors (Lipinski definition) is 7. The summed E-state index contributed by atoms with van der Waals surface area (Å²) in [6, 6.07) is 6.60. The van der Waals surface area contributed by atoms with Crippen LogP contribution in [0.1, 0.15) is 36.7 Å². The molecule has 0 radical (unpaired) electrons. The first-order chi connectivity index (χ1) is 15.0. The van der Waals surface area contributed by atoms with E-state index in [2.05, 4.69) is 44.3 Å². The van der Waals surface area contributed by atoms with Crippen LogP contribution in [-0.4, -0.2) is 53.1 Å². The first kappa shape index (κ1) is 21.0. The van der Waals surface area contributed by atoms with E-state index in [-0.39, 0.29) is 11.9 Å². The highest BCUT2D eigenvalue weighted by Crippen LogP contribution is 2.31. The van der Waals surface area contributed by atoms with E-state index >= 15 is 0 Å². The molecule has 0 spiro atoms. The minimum Gasteiger partial charge on any atom is -0.467 e. The van der Waals surface area contributed by atoms with Crippen LogP contribution in [0.2, 0.25) is 0 Å². The highest BCUT2D eigenvalue weighted by atomic mass is 16.5. The summed E-state index contributed by atoms with van der Waals surface area (Å²) in [7, 11) is 1.52. The normalized spacial score (nSPS) is 18.8. The van der Waals surface area contributed by atoms with Crippen molar-refractivity contribution in [3.63, 3.8) is 0 Å². The molecule has 0 aliphatic carbocycles. The molecule has 4 rings (SSSR count). The van der Waals surface area contributed by atoms with Crippen molar-refractivity contribution in [3.8, 4) is 6.01 Å². The summed E-state index contributed by atoms with van der Waals surface area (Å²) in [5.41, 5.74) is 3.81. The van der Waals surface area contributed by atoms with Gasteiger partial charge in [-0.15, -0.1) is 0 Å². The molecule has 1 saturated heterocycles. The topological polar surface area (TPSA) is 92.3 Å². The Labute approximate surface area is 182 Å². The van der Waals surface area contributed by atoms with Gasteiger partial charge in [-0.2, -0.15) is 4.98 Å². The smallest absolute Gasteiger partial charge is 0.316 e. The fourth-order valence-corrected chi connectivity index (χ4v) is 4.19. The molecule has 162 valence electrons. The predicted molar refractivity (Wildman–Crippen MR) is 122 cm³/mol. The number of carbonyl (C=O) groups is 1. The average molecular weight is 421 g/mol. The number of pyridine rings is 1. The molecular weight excluding hydrogens is 392 g/mol. The van der Waals surface area contributed by atoms with Crippen molar-refractivity contribution >= 4 is 28.2 Å². The maximum Gasteiger partial charge on any atom is 0.316 e. The van der Waals surface area contributed by atoms with E-state index in [1.807, 2.05) is 25.1 Å². The second-order valence-corrected chi connectivity index (χ2v) is 7.97. The predicted octanol–water partition coefficient (Wildman–Crippen LogP) is 3.03. The molecule has 0 bridgehead atoms. The standard InChI is InChI=1S/C23H28N6O2/c1-5-16-10-24-9-8-19(16)27-22(30)17-6-7-20(29-12-14(2)26-15(3)13-29)18-11-25-23(31-4)28-21(17)18/h6-11,14-15,26H,5,12-13H2,1-4H3,(H,24,27,30)/t14-,15-/m1/s1. The summed E-state index contributed by atoms with van der Waals surface area (Å²) < 4.78 is 5.25. The quantitative estimate of drug-likeness (QED) is 0.655. The highest BCUT2D eigenvalue weighted by Gasteiger charge is 2.24. The first-order valence-electron chi connectivity index (χ1n) is 10.6. The van der Waals surface area contributed by atoms with Gasteiger partial charge in [0.1, 0.15) is 0 Å². The molecule has 1 amide bonds. The van der Waals surface area contributed by atoms with Crippen LogP contribution >= 0.6 is 0 Å². The van der Waals surface area contributed by atoms with Crippen molar-refractivity contribution in [1.29, 1.82) is 0 Å². The molecule has 1 fully saturated rings. The fraction of sp³-hybridized carbons (Fsp3) is 0.391. The third-order valence-electron chi connectivity index (χ3n) is 5.56. The molecular formula is C23H28N6O2. The molecule has 1 aromatic carbocycles. The molecule has 3 heterocycles. The number of nitrogens with one attached hydrogen (secondary N) is 2. The first-order valence-corrected chi connectivity index (χ1v) is 10.6. The number of hydrogen-bond donors (Lipinski definition) is 2. The van der Waals surface area contributed by atoms with Crippen molar-refractivity contribution in [2.75, 3.05) is 30.4 Å². The summed E-state index contributed by atoms with van der Waals surface area (Å²) in [6.07, 6.45) is 5.97. The SMILES string of the molecule is CCc1cnccc1NC(=O)c1ccc(N2C[C@@H](C)N[C@H](C)C2)c2cnc(OC)nc12. The van der Waals surface area contributed by atoms with Gasteiger partial charge < -0.3 is 20.3 Å². The Bertz CT molecular complexity index is 1090. The van der Waals surface area contributed by atoms with E-state index in [1.165, 1.54) is 7.11 Å². The lowest BCUT2D eigenvalue weighted by Gasteiger charge is -2.38. The fourth-order valence-electron chi connectivity index (χ4n) is 4.19. The van der Waals surface area contributed by atoms with Gasteiger partial charge in [-0.1, -0.05) is 6.92 Å². The Morgan fingerprint density at radius 3 is 2.71 bits per heavy atom. The Balaban J connectivity index is 1.76. The van der Waals surface area contributed by atoms with Gasteiger partial charge in [-0.25, -0.2) is 4.98 Å². The van der Waals surface area contributed by atoms with Crippen LogP contribution in [0.4, 0.5) is 11.4 Å². The van der Waals surface area contributed by atoms with E-state index in [0.717, 1.165) is 41.8 Å². The number of nitrogens with zero attached hydrogens (tertiary/aromatic N) is 4. The number of piperazine rings is 1. The maximum absolute atomic E-state index is 13.2. The number of ether oxygens (including phenoxy) is 1. The third kappa shape index (κ3) is 4.29. The minimum absolute atomic E-state index is 0.222. The number of carbonyl (C=O) groups excluding carboxylic acids is 1. The monoisotopic (exact) mass is 420 g/mol. The van der Waals surface area contributed by atoms with Gasteiger partial charge >= 0.3 is 6.01 Å². The van der Waals surface area contributed by atoms with Crippen molar-refractivity contribution < 1.29 is 9.53 Å². The Kier molecular flexibility index (Phi) is 5.99. The zero-order valence-corrected chi connectivity index (χ0v) is 18.3. The van der Waals surface area contributed by atoms with Crippen LogP contribution < -0.4 is 20.3 Å². The van der Waals surface area contributed by atoms with Gasteiger partial charge in [0.25, 0.3) is 5.91 Å². The molecule has 1 aliphatic rings. The zero-order chi connectivity index (χ0) is 22.0. The number of benzene rings is 1. The lowest BCUT2D eigenvalue weighted by Crippen LogP contribution is -2.54. The van der Waals surface area contributed by atoms with Gasteiger partial charge in [0, 0.05) is 60.5 Å². The number of aromatic nitrogens is 3. The van der Waals surface area contributed by atoms with Crippen molar-refractivity contribution in [2.45, 2.75) is 39.3 Å². The van der Waals surface area contributed by atoms with Gasteiger partial charge in [0.05, 0.1) is 18.2 Å². The second-order valence-electron chi connectivity index (χ2n) is 7.97. The summed E-state index contributed by atoms with van der Waals surface area (Å²) >= 11 is 0. The average Bonchev–Trinajstić information content (AvgIpc) is 2.77. The number of amides is 1. The van der Waals surface area contributed by atoms with Crippen molar-refractivity contribution in [1.82, 2.24) is 20.3 Å². The van der Waals surface area contributed by atoms with E-state index in [9.17, 15) is 4.79 Å². The Morgan fingerprint density at radius 1 is 1.23 bits per heavy atom. The lowest BCUT2D eigenvalue weighted by atomic mass is 10.0. The Hall–Kier alpha value is -3.26. The zero-order valence-electron chi connectivity index (χ0n) is 18.3. The number of anilines is 2. The summed E-state index contributed by atoms with van der Waals surface area (Å²) in [5.74, 6) is -0.222. The summed E-state index contributed by atoms with van der Waals surface area (Å²) in [6.45, 7) is 8.12. The number of methoxy groups -OCH3 is 1. The molecule has 31 heavy (non-hydrogen) atoms. The molecule has 3 aromatic rings. The van der Waals surface area contributed by atoms with E-state index in [1.54, 1.807) is 18.6 Å². The van der Waals surface area contributed by atoms with Crippen LogP contribution in [0.25, 0.3) is 10.9 Å². The Morgan fingerprint density at radius 2 is 2.00 bits per heavy atom. The van der Waals surface area contributed by atoms with E-state index in [0.29, 0.717) is 23.2 Å². The van der Waals surface area contributed by atoms with Gasteiger partial charge in [-0.3, -0.25) is 9.78 Å². The van der Waals surface area contributed by atoms with Gasteiger partial charge in [0.15, 0.2) is 0 Å². The second kappa shape index (κ2) is 8.85. The third-order valence-corrected chi connectivity index (χ3v) is 5.56. The van der Waals surface area contributed by atoms with Crippen molar-refractivity contribution in [2.24, 2.45) is 0 Å². The lowest BCUT2D eigenvalue weighted by molar-refractivity contribution is 0.102. The molecule has 1 aliphatic heterocycles. The summed E-state index contributed by atoms with van der Waals surface area (Å²) in [4.78, 5) is 28.6. The van der Waals surface area contributed by atoms with Gasteiger partial charge in [0.2, 0.25) is 0 Å². The number of rotatable bonds is 5. The van der Waals surface area contributed by atoms with Crippen LogP contribution in [0.5, 0.6) is 6.01 Å². The molecule has 8 heteroatoms. The number of fused-ring (bicyclic) bond motifs is 1. The summed E-state index contributed by atoms with van der Waals surface area (Å²) in [5, 5.41) is 7.40. The van der Waals surface area contributed by atoms with Crippen LogP contribution in [0.3, 0.4) is 0 Å². The van der Waals surface area contributed by atoms with E-state index in [4.69, 9.17) is 4.74 Å². The van der Waals surface area contributed by atoms with Crippen LogP contribution in [0.15, 0.2) is 36.8 Å². The minimum atomic E-state index is -0.222. The molecule has 0 unspecified atom stereocenters. The van der Waals surface area contributed by atoms with Crippen molar-refractivity contribution in [3.05, 3.63) is 47.9 Å². The highest BCUT2D eigenvalue weighted by molar-refractivity contribution is 6.14. The van der Waals surface area contributed by atoms with E-state index < -0.39 is 0 Å². The van der Waals surface area contributed by atoms with Crippen LogP contribution in [0, 0.1) is 0 Å².